The van der Waals surface area contributed by atoms with E-state index in [1.807, 2.05) is 0 Å². The monoisotopic (exact) mass is 296 g/mol. The summed E-state index contributed by atoms with van der Waals surface area (Å²) >= 11 is -0.556. The Labute approximate surface area is 98.6 Å². The first kappa shape index (κ1) is 15.8. The van der Waals surface area contributed by atoms with Gasteiger partial charge in [0.25, 0.3) is 0 Å². The molecule has 0 bridgehead atoms. The summed E-state index contributed by atoms with van der Waals surface area (Å²) in [6.45, 7) is 0. The third-order valence-corrected chi connectivity index (χ3v) is 0. The van der Waals surface area contributed by atoms with Gasteiger partial charge in [0.2, 0.25) is 0 Å². The molecule has 5 heavy (non-hydrogen) atoms. The van der Waals surface area contributed by atoms with Crippen molar-refractivity contribution in [1.82, 2.24) is 0 Å². The predicted octanol–water partition coefficient (Wildman–Crippen LogP) is 1.37. The molecule has 0 aliphatic heterocycles. The van der Waals surface area contributed by atoms with Gasteiger partial charge in [-0.05, 0) is 0 Å². The largest absolute Gasteiger partial charge is 0 e. The van der Waals surface area contributed by atoms with Crippen molar-refractivity contribution in [2.45, 2.75) is 0 Å². The summed E-state index contributed by atoms with van der Waals surface area (Å²) in [6.07, 6.45) is 0. The average Bonchev–Trinajstić information content (AvgIpc) is 0.918. The van der Waals surface area contributed by atoms with Crippen LogP contribution in [-0.2, 0) is 82.5 Å². The fraction of sp³-hybridized carbons (Fsp3) is 0. The molecular formula is Cl2TiY2. The quantitative estimate of drug-likeness (QED) is 0.592. The van der Waals surface area contributed by atoms with E-state index in [-0.39, 0.29) is 65.4 Å². The van der Waals surface area contributed by atoms with E-state index in [9.17, 15) is 0 Å². The maximum atomic E-state index is 4.89. The second kappa shape index (κ2) is 15.6. The van der Waals surface area contributed by atoms with Gasteiger partial charge in [0.05, 0.1) is 0 Å². The smallest absolute Gasteiger partial charge is 0 e. The number of rotatable bonds is 0. The molecule has 0 saturated heterocycles. The normalized spacial score (nSPS) is 2.80. The van der Waals surface area contributed by atoms with Crippen LogP contribution in [0.5, 0.6) is 0 Å². The zero-order chi connectivity index (χ0) is 2.71. The van der Waals surface area contributed by atoms with E-state index in [2.05, 4.69) is 0 Å². The minimum absolute atomic E-state index is 0. The molecule has 24 valence electrons. The minimum atomic E-state index is -0.556. The van der Waals surface area contributed by atoms with Crippen LogP contribution in [0, 0.1) is 0 Å². The summed E-state index contributed by atoms with van der Waals surface area (Å²) in [6, 6.07) is 0. The maximum absolute atomic E-state index is 4.89. The predicted molar refractivity (Wildman–Crippen MR) is 11.7 cm³/mol. The zero-order valence-corrected chi connectivity index (χ0v) is 11.2. The van der Waals surface area contributed by atoms with E-state index in [1.54, 1.807) is 0 Å². The first-order valence-electron chi connectivity index (χ1n) is 0.378. The summed E-state index contributed by atoms with van der Waals surface area (Å²) in [5, 5.41) is 0. The SMILES string of the molecule is [Cl][Ti][Cl].[Y].[Y]. The number of halogens is 2. The van der Waals surface area contributed by atoms with Crippen molar-refractivity contribution < 1.29 is 82.5 Å². The van der Waals surface area contributed by atoms with Gasteiger partial charge >= 0.3 is 35.6 Å². The van der Waals surface area contributed by atoms with E-state index in [1.165, 1.54) is 0 Å². The molecule has 0 rings (SSSR count). The van der Waals surface area contributed by atoms with Gasteiger partial charge < -0.3 is 0 Å². The average molecular weight is 297 g/mol. The molecule has 0 aromatic heterocycles. The summed E-state index contributed by atoms with van der Waals surface area (Å²) in [5.41, 5.74) is 0. The molecule has 0 aliphatic rings. The van der Waals surface area contributed by atoms with Gasteiger partial charge in [0, 0.05) is 65.4 Å². The van der Waals surface area contributed by atoms with Gasteiger partial charge in [-0.3, -0.25) is 0 Å². The van der Waals surface area contributed by atoms with Crippen molar-refractivity contribution in [3.63, 3.8) is 0 Å². The molecule has 0 heterocycles. The molecule has 0 nitrogen and oxygen atoms in total. The van der Waals surface area contributed by atoms with Gasteiger partial charge in [-0.15, -0.1) is 0 Å². The molecular weight excluding hydrogens is 297 g/mol. The van der Waals surface area contributed by atoms with Crippen LogP contribution in [-0.4, -0.2) is 0 Å². The molecule has 0 saturated carbocycles. The third-order valence-electron chi connectivity index (χ3n) is 0. The van der Waals surface area contributed by atoms with Crippen molar-refractivity contribution in [2.24, 2.45) is 0 Å². The fourth-order valence-electron chi connectivity index (χ4n) is 0. The molecule has 5 heteroatoms. The van der Waals surface area contributed by atoms with Gasteiger partial charge in [-0.2, -0.15) is 0 Å². The Hall–Kier alpha value is 3.50. The van der Waals surface area contributed by atoms with Crippen LogP contribution in [0.1, 0.15) is 0 Å². The number of hydrogen-bond donors (Lipinski definition) is 0. The van der Waals surface area contributed by atoms with Crippen LogP contribution in [0.3, 0.4) is 0 Å². The van der Waals surface area contributed by atoms with Crippen LogP contribution < -0.4 is 0 Å². The molecule has 0 N–H and O–H groups in total. The molecule has 2 radical (unpaired) electrons. The Morgan fingerprint density at radius 1 is 1.00 bits per heavy atom. The summed E-state index contributed by atoms with van der Waals surface area (Å²) in [7, 11) is 9.78. The van der Waals surface area contributed by atoms with Crippen molar-refractivity contribution in [1.29, 1.82) is 0 Å². The zero-order valence-electron chi connectivity index (χ0n) is 2.41. The molecule has 0 aromatic carbocycles. The van der Waals surface area contributed by atoms with Crippen molar-refractivity contribution in [3.8, 4) is 0 Å². The Balaban J connectivity index is -0.0000000200. The summed E-state index contributed by atoms with van der Waals surface area (Å²) in [4.78, 5) is 0. The van der Waals surface area contributed by atoms with E-state index in [0.717, 1.165) is 0 Å². The molecule has 0 atom stereocenters. The Morgan fingerprint density at radius 3 is 1.00 bits per heavy atom. The van der Waals surface area contributed by atoms with Crippen LogP contribution in [0.25, 0.3) is 0 Å². The molecule has 0 aliphatic carbocycles. The van der Waals surface area contributed by atoms with Crippen LogP contribution in [0.4, 0.5) is 0 Å². The molecule has 0 amide bonds. The van der Waals surface area contributed by atoms with Gasteiger partial charge in [-0.25, -0.2) is 0 Å². The fourth-order valence-corrected chi connectivity index (χ4v) is 0. The number of hydrogen-bond acceptors (Lipinski definition) is 0. The molecule has 0 spiro atoms. The van der Waals surface area contributed by atoms with E-state index < -0.39 is 17.0 Å². The third kappa shape index (κ3) is 18.5. The van der Waals surface area contributed by atoms with Crippen molar-refractivity contribution in [2.75, 3.05) is 0 Å². The van der Waals surface area contributed by atoms with Crippen molar-refractivity contribution >= 4 is 18.6 Å². The van der Waals surface area contributed by atoms with Crippen LogP contribution >= 0.6 is 18.6 Å². The van der Waals surface area contributed by atoms with Crippen LogP contribution in [0.15, 0.2) is 0 Å². The molecule has 0 aromatic rings. The van der Waals surface area contributed by atoms with Crippen molar-refractivity contribution in [3.05, 3.63) is 0 Å². The summed E-state index contributed by atoms with van der Waals surface area (Å²) < 4.78 is 0. The first-order chi connectivity index (χ1) is 1.41. The Kier molecular flexibility index (Phi) is 49.5. The van der Waals surface area contributed by atoms with Gasteiger partial charge in [0.15, 0.2) is 0 Å². The van der Waals surface area contributed by atoms with Gasteiger partial charge in [-0.1, -0.05) is 0 Å². The second-order valence-corrected chi connectivity index (χ2v) is 2.65. The molecule has 0 fully saturated rings. The maximum Gasteiger partial charge on any atom is 0 e. The Bertz CT molecular complexity index is 7.61. The van der Waals surface area contributed by atoms with E-state index in [4.69, 9.17) is 18.6 Å². The van der Waals surface area contributed by atoms with Crippen LogP contribution in [0.2, 0.25) is 0 Å². The minimum Gasteiger partial charge on any atom is 0 e. The van der Waals surface area contributed by atoms with Gasteiger partial charge in [0.1, 0.15) is 0 Å². The standard InChI is InChI=1S/2ClH.Ti.2Y/h2*1H;;;/q;;+2;;/p-2. The van der Waals surface area contributed by atoms with E-state index in [0.29, 0.717) is 0 Å². The van der Waals surface area contributed by atoms with E-state index >= 15 is 0 Å². The topological polar surface area (TPSA) is 0 Å². The molecule has 0 unspecified atom stereocenters. The summed E-state index contributed by atoms with van der Waals surface area (Å²) in [5.74, 6) is 0. The Morgan fingerprint density at radius 2 is 1.00 bits per heavy atom. The second-order valence-electron chi connectivity index (χ2n) is 0.0714. The first-order valence-corrected chi connectivity index (χ1v) is 4.68.